The van der Waals surface area contributed by atoms with Crippen molar-refractivity contribution in [2.45, 2.75) is 19.0 Å². The Kier molecular flexibility index (Phi) is 5.69. The Morgan fingerprint density at radius 3 is 2.35 bits per heavy atom. The lowest BCUT2D eigenvalue weighted by Crippen LogP contribution is -2.30. The first kappa shape index (κ1) is 16.2. The Morgan fingerprint density at radius 1 is 1.25 bits per heavy atom. The lowest BCUT2D eigenvalue weighted by Gasteiger charge is -2.14. The van der Waals surface area contributed by atoms with Gasteiger partial charge in [0.1, 0.15) is 0 Å². The van der Waals surface area contributed by atoms with Crippen LogP contribution >= 0.6 is 0 Å². The van der Waals surface area contributed by atoms with Crippen LogP contribution in [0.15, 0.2) is 29.3 Å². The third-order valence-corrected chi connectivity index (χ3v) is 2.68. The average Bonchev–Trinajstić information content (AvgIpc) is 2.33. The summed E-state index contributed by atoms with van der Waals surface area (Å²) in [7, 11) is 3.91. The van der Waals surface area contributed by atoms with Crippen molar-refractivity contribution in [3.8, 4) is 0 Å². The Bertz CT molecular complexity index is 439. The lowest BCUT2D eigenvalue weighted by atomic mass is 10.2. The normalized spacial score (nSPS) is 11.2. The highest BCUT2D eigenvalue weighted by molar-refractivity contribution is 5.75. The molecule has 1 aromatic carbocycles. The Hall–Kier alpha value is -1.89. The Balaban J connectivity index is 2.36. The number of guanidine groups is 1. The fraction of sp³-hybridized carbons (Fsp3) is 0.462. The van der Waals surface area contributed by atoms with Crippen LogP contribution in [0.4, 0.5) is 14.5 Å². The van der Waals surface area contributed by atoms with Crippen molar-refractivity contribution in [3.63, 3.8) is 0 Å². The number of rotatable bonds is 7. The molecule has 0 saturated heterocycles. The van der Waals surface area contributed by atoms with E-state index in [1.54, 1.807) is 0 Å². The summed E-state index contributed by atoms with van der Waals surface area (Å²) in [6.07, 6.45) is -0.444. The van der Waals surface area contributed by atoms with Gasteiger partial charge in [0.15, 0.2) is 5.96 Å². The summed E-state index contributed by atoms with van der Waals surface area (Å²) in [6.45, 7) is 0.644. The highest BCUT2D eigenvalue weighted by atomic mass is 19.3. The summed E-state index contributed by atoms with van der Waals surface area (Å²) in [6, 6.07) is 4.64. The summed E-state index contributed by atoms with van der Waals surface area (Å²) in [5.74, 6) is -0.603. The van der Waals surface area contributed by atoms with E-state index in [1.165, 1.54) is 0 Å². The van der Waals surface area contributed by atoms with E-state index in [9.17, 15) is 8.78 Å². The number of hydrogen-bond donors (Lipinski definition) is 3. The second-order valence-electron chi connectivity index (χ2n) is 4.69. The third kappa shape index (κ3) is 5.83. The molecular formula is C13H21F2N5. The average molecular weight is 285 g/mol. The van der Waals surface area contributed by atoms with Crippen molar-refractivity contribution >= 4 is 11.6 Å². The van der Waals surface area contributed by atoms with Crippen LogP contribution in [0.3, 0.4) is 0 Å². The molecule has 20 heavy (non-hydrogen) atoms. The summed E-state index contributed by atoms with van der Waals surface area (Å²) >= 11 is 0. The van der Waals surface area contributed by atoms with Gasteiger partial charge < -0.3 is 21.7 Å². The fourth-order valence-corrected chi connectivity index (χ4v) is 1.63. The molecule has 1 aromatic rings. The molecule has 0 aliphatic rings. The molecule has 5 N–H and O–H groups in total. The van der Waals surface area contributed by atoms with Crippen LogP contribution in [0.5, 0.6) is 0 Å². The predicted octanol–water partition coefficient (Wildman–Crippen LogP) is 1.10. The molecule has 0 aliphatic heterocycles. The first-order chi connectivity index (χ1) is 9.30. The SMILES string of the molecule is CN(C)c1ccc(CNCCC(F)(F)N=C(N)N)cc1. The van der Waals surface area contributed by atoms with E-state index in [1.807, 2.05) is 43.3 Å². The quantitative estimate of drug-likeness (QED) is 0.303. The van der Waals surface area contributed by atoms with Crippen LogP contribution in [-0.2, 0) is 6.54 Å². The summed E-state index contributed by atoms with van der Waals surface area (Å²) in [4.78, 5) is 4.87. The number of hydrogen-bond acceptors (Lipinski definition) is 3. The van der Waals surface area contributed by atoms with Gasteiger partial charge in [-0.2, -0.15) is 13.8 Å². The molecule has 0 unspecified atom stereocenters. The van der Waals surface area contributed by atoms with Crippen LogP contribution in [0.1, 0.15) is 12.0 Å². The zero-order valence-electron chi connectivity index (χ0n) is 11.7. The van der Waals surface area contributed by atoms with Crippen molar-refractivity contribution < 1.29 is 8.78 Å². The molecule has 0 saturated carbocycles. The smallest absolute Gasteiger partial charge is 0.346 e. The molecule has 0 radical (unpaired) electrons. The second-order valence-corrected chi connectivity index (χ2v) is 4.69. The third-order valence-electron chi connectivity index (χ3n) is 2.68. The molecule has 0 heterocycles. The Morgan fingerprint density at radius 2 is 1.85 bits per heavy atom. The van der Waals surface area contributed by atoms with Gasteiger partial charge in [0, 0.05) is 39.3 Å². The maximum Gasteiger partial charge on any atom is 0.346 e. The minimum Gasteiger partial charge on any atom is -0.378 e. The molecule has 0 fully saturated rings. The van der Waals surface area contributed by atoms with E-state index in [0.29, 0.717) is 6.54 Å². The Labute approximate surface area is 117 Å². The molecule has 1 rings (SSSR count). The molecule has 5 nitrogen and oxygen atoms in total. The van der Waals surface area contributed by atoms with Crippen molar-refractivity contribution in [2.24, 2.45) is 16.5 Å². The molecule has 0 aliphatic carbocycles. The largest absolute Gasteiger partial charge is 0.378 e. The minimum atomic E-state index is -3.22. The van der Waals surface area contributed by atoms with Gasteiger partial charge in [-0.15, -0.1) is 0 Å². The van der Waals surface area contributed by atoms with Crippen molar-refractivity contribution in [2.75, 3.05) is 25.5 Å². The van der Waals surface area contributed by atoms with E-state index in [-0.39, 0.29) is 6.54 Å². The highest BCUT2D eigenvalue weighted by Crippen LogP contribution is 2.19. The molecular weight excluding hydrogens is 264 g/mol. The topological polar surface area (TPSA) is 79.7 Å². The zero-order valence-corrected chi connectivity index (χ0v) is 11.7. The number of nitrogens with one attached hydrogen (secondary N) is 1. The van der Waals surface area contributed by atoms with E-state index in [2.05, 4.69) is 10.3 Å². The molecule has 0 spiro atoms. The molecule has 112 valence electrons. The van der Waals surface area contributed by atoms with Gasteiger partial charge in [0.25, 0.3) is 0 Å². The highest BCUT2D eigenvalue weighted by Gasteiger charge is 2.27. The predicted molar refractivity (Wildman–Crippen MR) is 77.8 cm³/mol. The molecule has 0 atom stereocenters. The summed E-state index contributed by atoms with van der Waals surface area (Å²) in [5, 5.41) is 2.94. The molecule has 0 amide bonds. The van der Waals surface area contributed by atoms with E-state index < -0.39 is 18.4 Å². The first-order valence-electron chi connectivity index (χ1n) is 6.26. The van der Waals surface area contributed by atoms with E-state index in [0.717, 1.165) is 11.3 Å². The van der Waals surface area contributed by atoms with Crippen LogP contribution < -0.4 is 21.7 Å². The standard InChI is InChI=1S/C13H21F2N5/c1-20(2)11-5-3-10(4-6-11)9-18-8-7-13(14,15)19-12(16)17/h3-6,18H,7-9H2,1-2H3,(H4,16,17,19). The van der Waals surface area contributed by atoms with Crippen molar-refractivity contribution in [1.82, 2.24) is 5.32 Å². The summed E-state index contributed by atoms with van der Waals surface area (Å²) in [5.41, 5.74) is 12.0. The monoisotopic (exact) mass is 285 g/mol. The van der Waals surface area contributed by atoms with Crippen LogP contribution in [0, 0.1) is 0 Å². The second kappa shape index (κ2) is 7.04. The van der Waals surface area contributed by atoms with Gasteiger partial charge in [-0.1, -0.05) is 12.1 Å². The van der Waals surface area contributed by atoms with Gasteiger partial charge in [0.2, 0.25) is 0 Å². The molecule has 0 aromatic heterocycles. The van der Waals surface area contributed by atoms with E-state index >= 15 is 0 Å². The van der Waals surface area contributed by atoms with Crippen LogP contribution in [-0.4, -0.2) is 32.6 Å². The van der Waals surface area contributed by atoms with Crippen molar-refractivity contribution in [1.29, 1.82) is 0 Å². The van der Waals surface area contributed by atoms with Gasteiger partial charge in [-0.3, -0.25) is 0 Å². The number of halogens is 2. The van der Waals surface area contributed by atoms with Crippen LogP contribution in [0.25, 0.3) is 0 Å². The van der Waals surface area contributed by atoms with Gasteiger partial charge in [0.05, 0.1) is 0 Å². The summed E-state index contributed by atoms with van der Waals surface area (Å²) < 4.78 is 26.3. The number of nitrogens with two attached hydrogens (primary N) is 2. The fourth-order valence-electron chi connectivity index (χ4n) is 1.63. The maximum absolute atomic E-state index is 13.1. The van der Waals surface area contributed by atoms with Gasteiger partial charge >= 0.3 is 6.05 Å². The van der Waals surface area contributed by atoms with Gasteiger partial charge in [-0.05, 0) is 17.7 Å². The van der Waals surface area contributed by atoms with E-state index in [4.69, 9.17) is 11.5 Å². The van der Waals surface area contributed by atoms with Crippen molar-refractivity contribution in [3.05, 3.63) is 29.8 Å². The lowest BCUT2D eigenvalue weighted by molar-refractivity contribution is 0.00250. The molecule has 0 bridgehead atoms. The number of benzene rings is 1. The number of anilines is 1. The first-order valence-corrected chi connectivity index (χ1v) is 6.26. The minimum absolute atomic E-state index is 0.124. The maximum atomic E-state index is 13.1. The van der Waals surface area contributed by atoms with Crippen LogP contribution in [0.2, 0.25) is 0 Å². The molecule has 7 heteroatoms. The number of nitrogens with zero attached hydrogens (tertiary/aromatic N) is 2. The number of alkyl halides is 2. The zero-order chi connectivity index (χ0) is 15.2. The van der Waals surface area contributed by atoms with Gasteiger partial charge in [-0.25, -0.2) is 0 Å². The number of aliphatic imine (C=N–C) groups is 1.